The molecule has 0 aliphatic carbocycles. The van der Waals surface area contributed by atoms with Gasteiger partial charge in [0.2, 0.25) is 5.91 Å². The van der Waals surface area contributed by atoms with Crippen LogP contribution in [0.15, 0.2) is 0 Å². The molecule has 2 aromatic heterocycles. The maximum atomic E-state index is 13.6. The number of carbonyl (C=O) groups excluding carboxylic acids is 1. The van der Waals surface area contributed by atoms with Gasteiger partial charge in [-0.25, -0.2) is 4.98 Å². The zero-order valence-corrected chi connectivity index (χ0v) is 15.8. The zero-order chi connectivity index (χ0) is 20.6. The first-order chi connectivity index (χ1) is 13.1. The summed E-state index contributed by atoms with van der Waals surface area (Å²) >= 11 is 6.15. The molecule has 0 spiro atoms. The minimum atomic E-state index is -4.82. The molecule has 28 heavy (non-hydrogen) atoms. The average molecular weight is 416 g/mol. The fourth-order valence-electron chi connectivity index (χ4n) is 3.20. The number of nitrogens with one attached hydrogen (secondary N) is 2. The maximum Gasteiger partial charge on any atom is 0.434 e. The van der Waals surface area contributed by atoms with Gasteiger partial charge < -0.3 is 19.9 Å². The summed E-state index contributed by atoms with van der Waals surface area (Å²) in [6, 6.07) is 1.66. The summed E-state index contributed by atoms with van der Waals surface area (Å²) in [5, 5.41) is 12.2. The Morgan fingerprint density at radius 3 is 2.86 bits per heavy atom. The van der Waals surface area contributed by atoms with Crippen LogP contribution in [0.4, 0.5) is 18.9 Å². The predicted octanol–water partition coefficient (Wildman–Crippen LogP) is 2.76. The van der Waals surface area contributed by atoms with Gasteiger partial charge in [0.25, 0.3) is 0 Å². The number of nitrogens with zero attached hydrogens (tertiary/aromatic N) is 3. The molecule has 0 radical (unpaired) electrons. The maximum absolute atomic E-state index is 13.6. The summed E-state index contributed by atoms with van der Waals surface area (Å²) in [5.41, 5.74) is -1.07. The number of aromatic amines is 1. The van der Waals surface area contributed by atoms with Gasteiger partial charge in [0.1, 0.15) is 17.1 Å². The van der Waals surface area contributed by atoms with Crippen molar-refractivity contribution in [3.8, 4) is 6.07 Å². The molecule has 0 aromatic carbocycles. The monoisotopic (exact) mass is 415 g/mol. The number of pyridine rings is 1. The number of alkyl halides is 3. The van der Waals surface area contributed by atoms with Gasteiger partial charge in [-0.3, -0.25) is 4.79 Å². The molecule has 2 N–H and O–H groups in total. The number of hydrogen-bond donors (Lipinski definition) is 2. The van der Waals surface area contributed by atoms with Gasteiger partial charge in [-0.05, 0) is 6.92 Å². The molecule has 1 saturated heterocycles. The number of hydrogen-bond acceptors (Lipinski definition) is 5. The average Bonchev–Trinajstić information content (AvgIpc) is 2.92. The van der Waals surface area contributed by atoms with Gasteiger partial charge in [0.15, 0.2) is 5.69 Å². The minimum Gasteiger partial charge on any atom is -0.373 e. The molecule has 7 nitrogen and oxygen atoms in total. The molecule has 0 saturated carbocycles. The van der Waals surface area contributed by atoms with Gasteiger partial charge in [-0.2, -0.15) is 18.4 Å². The Bertz CT molecular complexity index is 967. The van der Waals surface area contributed by atoms with Gasteiger partial charge in [0.05, 0.1) is 28.9 Å². The lowest BCUT2D eigenvalue weighted by Crippen LogP contribution is -2.47. The highest BCUT2D eigenvalue weighted by molar-refractivity contribution is 6.36. The number of rotatable bonds is 3. The van der Waals surface area contributed by atoms with Gasteiger partial charge in [-0.15, -0.1) is 0 Å². The Morgan fingerprint density at radius 1 is 1.54 bits per heavy atom. The molecule has 11 heteroatoms. The van der Waals surface area contributed by atoms with E-state index in [2.05, 4.69) is 15.3 Å². The van der Waals surface area contributed by atoms with Crippen LogP contribution in [0.1, 0.15) is 23.9 Å². The van der Waals surface area contributed by atoms with E-state index in [1.165, 1.54) is 6.92 Å². The third-order valence-corrected chi connectivity index (χ3v) is 4.90. The Kier molecular flexibility index (Phi) is 5.41. The lowest BCUT2D eigenvalue weighted by Gasteiger charge is -2.35. The largest absolute Gasteiger partial charge is 0.434 e. The number of amides is 1. The Hall–Kier alpha value is -2.51. The van der Waals surface area contributed by atoms with Crippen LogP contribution < -0.4 is 10.2 Å². The first-order valence-corrected chi connectivity index (χ1v) is 8.81. The number of morpholine rings is 1. The molecular weight excluding hydrogens is 399 g/mol. The van der Waals surface area contributed by atoms with Crippen molar-refractivity contribution in [1.82, 2.24) is 15.3 Å². The van der Waals surface area contributed by atoms with Crippen molar-refractivity contribution in [1.29, 1.82) is 5.26 Å². The summed E-state index contributed by atoms with van der Waals surface area (Å²) < 4.78 is 46.3. The summed E-state index contributed by atoms with van der Waals surface area (Å²) in [4.78, 5) is 19.4. The van der Waals surface area contributed by atoms with Crippen molar-refractivity contribution in [2.24, 2.45) is 0 Å². The fraction of sp³-hybridized carbons (Fsp3) is 0.471. The smallest absolute Gasteiger partial charge is 0.373 e. The van der Waals surface area contributed by atoms with Crippen molar-refractivity contribution in [2.45, 2.75) is 26.1 Å². The molecule has 3 rings (SSSR count). The number of ether oxygens (including phenoxy) is 1. The number of H-pyrrole nitrogens is 1. The number of nitriles is 1. The van der Waals surface area contributed by atoms with Crippen LogP contribution in [-0.4, -0.2) is 48.2 Å². The van der Waals surface area contributed by atoms with E-state index in [-0.39, 0.29) is 53.9 Å². The van der Waals surface area contributed by atoms with Crippen LogP contribution in [0.25, 0.3) is 11.0 Å². The van der Waals surface area contributed by atoms with E-state index in [1.54, 1.807) is 17.9 Å². The molecule has 1 aliphatic rings. The summed E-state index contributed by atoms with van der Waals surface area (Å²) in [6.07, 6.45) is -5.25. The molecule has 0 bridgehead atoms. The van der Waals surface area contributed by atoms with E-state index in [9.17, 15) is 23.2 Å². The number of halogens is 4. The molecular formula is C17H17ClF3N5O2. The van der Waals surface area contributed by atoms with E-state index in [0.29, 0.717) is 5.69 Å². The van der Waals surface area contributed by atoms with Crippen LogP contribution in [0.3, 0.4) is 0 Å². The topological polar surface area (TPSA) is 94.0 Å². The van der Waals surface area contributed by atoms with E-state index in [0.717, 1.165) is 0 Å². The molecule has 150 valence electrons. The molecule has 1 atom stereocenters. The first-order valence-electron chi connectivity index (χ1n) is 8.43. The molecule has 2 aromatic rings. The number of carbonyl (C=O) groups is 1. The summed E-state index contributed by atoms with van der Waals surface area (Å²) in [5.74, 6) is -0.240. The van der Waals surface area contributed by atoms with E-state index in [1.807, 2.05) is 0 Å². The van der Waals surface area contributed by atoms with Crippen molar-refractivity contribution < 1.29 is 22.7 Å². The minimum absolute atomic E-state index is 0.0367. The standard InChI is InChI=1S/C17H17ClF3N5O2/c1-8-12(18)13-14(24-8)15(11(5-22)16(25-13)17(19,20)21)26-3-4-28-10(7-26)6-23-9(2)27/h10,24H,3-4,6-7H2,1-2H3,(H,23,27). The lowest BCUT2D eigenvalue weighted by molar-refractivity contribution is -0.141. The van der Waals surface area contributed by atoms with Crippen molar-refractivity contribution in [2.75, 3.05) is 31.1 Å². The summed E-state index contributed by atoms with van der Waals surface area (Å²) in [6.45, 7) is 3.89. The highest BCUT2D eigenvalue weighted by atomic mass is 35.5. The van der Waals surface area contributed by atoms with Crippen LogP contribution in [-0.2, 0) is 15.7 Å². The van der Waals surface area contributed by atoms with Gasteiger partial charge >= 0.3 is 6.18 Å². The fourth-order valence-corrected chi connectivity index (χ4v) is 3.38. The van der Waals surface area contributed by atoms with Crippen LogP contribution >= 0.6 is 11.6 Å². The quantitative estimate of drug-likeness (QED) is 0.804. The Labute approximate surface area is 163 Å². The first kappa shape index (κ1) is 20.2. The number of anilines is 1. The zero-order valence-electron chi connectivity index (χ0n) is 15.1. The van der Waals surface area contributed by atoms with E-state index < -0.39 is 23.5 Å². The molecule has 3 heterocycles. The van der Waals surface area contributed by atoms with Gasteiger partial charge in [-0.1, -0.05) is 11.6 Å². The van der Waals surface area contributed by atoms with Crippen LogP contribution in [0.5, 0.6) is 0 Å². The summed E-state index contributed by atoms with van der Waals surface area (Å²) in [7, 11) is 0. The Balaban J connectivity index is 2.14. The molecule has 1 unspecified atom stereocenters. The van der Waals surface area contributed by atoms with Gasteiger partial charge in [0, 0.05) is 32.3 Å². The third kappa shape index (κ3) is 3.72. The lowest BCUT2D eigenvalue weighted by atomic mass is 10.1. The molecule has 1 amide bonds. The number of fused-ring (bicyclic) bond motifs is 1. The number of aryl methyl sites for hydroxylation is 1. The second-order valence-electron chi connectivity index (χ2n) is 6.46. The van der Waals surface area contributed by atoms with Crippen LogP contribution in [0.2, 0.25) is 5.02 Å². The highest BCUT2D eigenvalue weighted by Gasteiger charge is 2.40. The highest BCUT2D eigenvalue weighted by Crippen LogP contribution is 2.41. The third-order valence-electron chi connectivity index (χ3n) is 4.43. The van der Waals surface area contributed by atoms with Crippen molar-refractivity contribution >= 4 is 34.2 Å². The second kappa shape index (κ2) is 7.48. The van der Waals surface area contributed by atoms with Crippen molar-refractivity contribution in [3.63, 3.8) is 0 Å². The van der Waals surface area contributed by atoms with Crippen molar-refractivity contribution in [3.05, 3.63) is 22.0 Å². The SMILES string of the molecule is CC(=O)NCC1CN(c2c(C#N)c(C(F)(F)F)nc3c(Cl)c(C)[nH]c23)CCO1. The van der Waals surface area contributed by atoms with E-state index >= 15 is 0 Å². The number of aromatic nitrogens is 2. The predicted molar refractivity (Wildman–Crippen MR) is 96.2 cm³/mol. The van der Waals surface area contributed by atoms with Crippen LogP contribution in [0, 0.1) is 18.3 Å². The molecule has 1 fully saturated rings. The second-order valence-corrected chi connectivity index (χ2v) is 6.84. The molecule has 1 aliphatic heterocycles. The Morgan fingerprint density at radius 2 is 2.25 bits per heavy atom. The normalized spacial score (nSPS) is 17.6. The van der Waals surface area contributed by atoms with E-state index in [4.69, 9.17) is 16.3 Å².